The molecule has 3 aromatic rings. The molecule has 3 rings (SSSR count). The first-order valence-corrected chi connectivity index (χ1v) is 7.02. The van der Waals surface area contributed by atoms with Crippen molar-refractivity contribution < 1.29 is 22.7 Å². The molecule has 0 radical (unpaired) electrons. The number of carbonyl (C=O) groups excluding carboxylic acids is 1. The second-order valence-electron chi connectivity index (χ2n) is 5.01. The number of H-pyrrole nitrogens is 1. The van der Waals surface area contributed by atoms with Crippen molar-refractivity contribution in [2.45, 2.75) is 12.9 Å². The molecule has 1 amide bonds. The summed E-state index contributed by atoms with van der Waals surface area (Å²) >= 11 is 0. The van der Waals surface area contributed by atoms with Crippen molar-refractivity contribution in [3.05, 3.63) is 64.2 Å². The number of aromatic nitrogens is 3. The van der Waals surface area contributed by atoms with E-state index in [4.69, 9.17) is 0 Å². The van der Waals surface area contributed by atoms with E-state index in [0.29, 0.717) is 5.65 Å². The number of rotatable bonds is 4. The smallest absolute Gasteiger partial charge is 0.405 e. The van der Waals surface area contributed by atoms with Crippen molar-refractivity contribution >= 4 is 11.6 Å². The van der Waals surface area contributed by atoms with E-state index in [0.717, 1.165) is 10.5 Å². The van der Waals surface area contributed by atoms with Gasteiger partial charge in [0.25, 0.3) is 5.91 Å². The minimum absolute atomic E-state index is 0.158. The highest BCUT2D eigenvalue weighted by Crippen LogP contribution is 2.26. The molecule has 0 aliphatic rings. The van der Waals surface area contributed by atoms with Gasteiger partial charge in [-0.1, -0.05) is 18.2 Å². The van der Waals surface area contributed by atoms with E-state index in [-0.39, 0.29) is 17.7 Å². The summed E-state index contributed by atoms with van der Waals surface area (Å²) in [6, 6.07) is 8.40. The highest BCUT2D eigenvalue weighted by Gasteiger charge is 2.32. The van der Waals surface area contributed by atoms with E-state index in [9.17, 15) is 22.8 Å². The van der Waals surface area contributed by atoms with E-state index in [1.54, 1.807) is 0 Å². The van der Waals surface area contributed by atoms with Crippen molar-refractivity contribution in [2.75, 3.05) is 0 Å². The number of aromatic amines is 1. The van der Waals surface area contributed by atoms with Crippen LogP contribution in [0.25, 0.3) is 5.65 Å². The summed E-state index contributed by atoms with van der Waals surface area (Å²) < 4.78 is 42.2. The number of nitrogens with one attached hydrogen (secondary N) is 2. The number of ether oxygens (including phenoxy) is 1. The van der Waals surface area contributed by atoms with Crippen LogP contribution in [0.5, 0.6) is 5.75 Å². The molecule has 0 aliphatic heterocycles. The molecule has 2 aromatic heterocycles. The van der Waals surface area contributed by atoms with Crippen LogP contribution in [0.3, 0.4) is 0 Å². The molecule has 0 fully saturated rings. The first-order chi connectivity index (χ1) is 11.8. The fourth-order valence-corrected chi connectivity index (χ4v) is 2.19. The summed E-state index contributed by atoms with van der Waals surface area (Å²) in [7, 11) is 0. The Morgan fingerprint density at radius 3 is 2.76 bits per heavy atom. The molecule has 0 saturated heterocycles. The van der Waals surface area contributed by atoms with Crippen LogP contribution in [0.2, 0.25) is 0 Å². The van der Waals surface area contributed by atoms with Crippen LogP contribution in [0, 0.1) is 0 Å². The molecule has 0 aliphatic carbocycles. The zero-order chi connectivity index (χ0) is 18.0. The average Bonchev–Trinajstić information content (AvgIpc) is 2.93. The molecule has 0 spiro atoms. The van der Waals surface area contributed by atoms with Crippen molar-refractivity contribution in [2.24, 2.45) is 0 Å². The summed E-state index contributed by atoms with van der Waals surface area (Å²) in [5, 5.41) is 8.45. The predicted molar refractivity (Wildman–Crippen MR) is 80.1 cm³/mol. The van der Waals surface area contributed by atoms with Gasteiger partial charge in [0.1, 0.15) is 5.75 Å². The third-order valence-corrected chi connectivity index (χ3v) is 3.31. The minimum Gasteiger partial charge on any atom is -0.405 e. The molecule has 25 heavy (non-hydrogen) atoms. The van der Waals surface area contributed by atoms with Gasteiger partial charge in [0, 0.05) is 18.3 Å². The first kappa shape index (κ1) is 16.6. The topological polar surface area (TPSA) is 88.5 Å². The molecular formula is C15H11F3N4O3. The Morgan fingerprint density at radius 2 is 2.00 bits per heavy atom. The molecule has 2 N–H and O–H groups in total. The predicted octanol–water partition coefficient (Wildman–Crippen LogP) is 1.85. The summed E-state index contributed by atoms with van der Waals surface area (Å²) in [6.45, 7) is -0.177. The monoisotopic (exact) mass is 352 g/mol. The quantitative estimate of drug-likeness (QED) is 0.750. The maximum atomic E-state index is 12.4. The van der Waals surface area contributed by atoms with Crippen LogP contribution in [0.15, 0.2) is 47.4 Å². The molecule has 7 nitrogen and oxygen atoms in total. The first-order valence-electron chi connectivity index (χ1n) is 7.02. The summed E-state index contributed by atoms with van der Waals surface area (Å²) in [4.78, 5) is 23.7. The Bertz CT molecular complexity index is 978. The molecule has 10 heteroatoms. The van der Waals surface area contributed by atoms with E-state index in [2.05, 4.69) is 20.3 Å². The van der Waals surface area contributed by atoms with E-state index in [1.165, 1.54) is 36.5 Å². The number of benzene rings is 1. The number of fused-ring (bicyclic) bond motifs is 1. The zero-order valence-corrected chi connectivity index (χ0v) is 12.5. The Balaban J connectivity index is 1.75. The van der Waals surface area contributed by atoms with Crippen LogP contribution >= 0.6 is 0 Å². The SMILES string of the molecule is O=C(NCc1ccccc1OC(F)(F)F)c1ccc2n[nH]c(=O)n2c1. The highest BCUT2D eigenvalue weighted by atomic mass is 19.4. The van der Waals surface area contributed by atoms with Crippen LogP contribution in [-0.4, -0.2) is 26.9 Å². The number of hydrogen-bond acceptors (Lipinski definition) is 4. The van der Waals surface area contributed by atoms with Crippen LogP contribution in [0.4, 0.5) is 13.2 Å². The Kier molecular flexibility index (Phi) is 4.17. The summed E-state index contributed by atoms with van der Waals surface area (Å²) in [5.41, 5.74) is 0.152. The van der Waals surface area contributed by atoms with Crippen molar-refractivity contribution in [3.63, 3.8) is 0 Å². The summed E-state index contributed by atoms with van der Waals surface area (Å²) in [5.74, 6) is -0.950. The summed E-state index contributed by atoms with van der Waals surface area (Å²) in [6.07, 6.45) is -3.54. The van der Waals surface area contributed by atoms with Gasteiger partial charge in [0.2, 0.25) is 0 Å². The normalized spacial score (nSPS) is 11.5. The minimum atomic E-state index is -4.83. The number of carbonyl (C=O) groups is 1. The molecule has 0 saturated carbocycles. The number of para-hydroxylation sites is 1. The Hall–Kier alpha value is -3.30. The van der Waals surface area contributed by atoms with Gasteiger partial charge in [-0.3, -0.25) is 4.79 Å². The fraction of sp³-hybridized carbons (Fsp3) is 0.133. The zero-order valence-electron chi connectivity index (χ0n) is 12.5. The van der Waals surface area contributed by atoms with E-state index in [1.807, 2.05) is 0 Å². The van der Waals surface area contributed by atoms with E-state index < -0.39 is 23.7 Å². The van der Waals surface area contributed by atoms with Crippen molar-refractivity contribution in [1.82, 2.24) is 19.9 Å². The molecule has 0 bridgehead atoms. The second kappa shape index (κ2) is 6.30. The molecule has 0 atom stereocenters. The number of halogens is 3. The number of hydrogen-bond donors (Lipinski definition) is 2. The largest absolute Gasteiger partial charge is 0.573 e. The van der Waals surface area contributed by atoms with Gasteiger partial charge >= 0.3 is 12.1 Å². The van der Waals surface area contributed by atoms with Crippen LogP contribution in [0.1, 0.15) is 15.9 Å². The van der Waals surface area contributed by atoms with Gasteiger partial charge in [0.15, 0.2) is 5.65 Å². The maximum Gasteiger partial charge on any atom is 0.573 e. The van der Waals surface area contributed by atoms with Gasteiger partial charge < -0.3 is 10.1 Å². The molecule has 1 aromatic carbocycles. The third kappa shape index (κ3) is 3.79. The van der Waals surface area contributed by atoms with Crippen LogP contribution < -0.4 is 15.7 Å². The van der Waals surface area contributed by atoms with Crippen molar-refractivity contribution in [3.8, 4) is 5.75 Å². The number of nitrogens with zero attached hydrogens (tertiary/aromatic N) is 2. The molecule has 2 heterocycles. The molecule has 0 unspecified atom stereocenters. The Labute approximate surface area is 138 Å². The molecular weight excluding hydrogens is 341 g/mol. The van der Waals surface area contributed by atoms with Crippen LogP contribution in [-0.2, 0) is 6.54 Å². The molecule has 130 valence electrons. The van der Waals surface area contributed by atoms with E-state index >= 15 is 0 Å². The lowest BCUT2D eigenvalue weighted by Crippen LogP contribution is -2.25. The van der Waals surface area contributed by atoms with Crippen molar-refractivity contribution in [1.29, 1.82) is 0 Å². The van der Waals surface area contributed by atoms with Gasteiger partial charge in [-0.2, -0.15) is 5.10 Å². The van der Waals surface area contributed by atoms with Gasteiger partial charge in [-0.25, -0.2) is 14.3 Å². The lowest BCUT2D eigenvalue weighted by molar-refractivity contribution is -0.274. The van der Waals surface area contributed by atoms with Gasteiger partial charge in [0.05, 0.1) is 5.56 Å². The maximum absolute atomic E-state index is 12.4. The standard InChI is InChI=1S/C15H11F3N4O3/c16-15(17,18)25-11-4-2-1-3-9(11)7-19-13(23)10-5-6-12-20-21-14(24)22(12)8-10/h1-6,8H,7H2,(H,19,23)(H,21,24). The number of alkyl halides is 3. The van der Waals surface area contributed by atoms with Gasteiger partial charge in [-0.05, 0) is 18.2 Å². The number of pyridine rings is 1. The number of amides is 1. The lowest BCUT2D eigenvalue weighted by atomic mass is 10.2. The average molecular weight is 352 g/mol. The highest BCUT2D eigenvalue weighted by molar-refractivity contribution is 5.94. The fourth-order valence-electron chi connectivity index (χ4n) is 2.19. The van der Waals surface area contributed by atoms with Gasteiger partial charge in [-0.15, -0.1) is 13.2 Å². The Morgan fingerprint density at radius 1 is 1.24 bits per heavy atom. The second-order valence-corrected chi connectivity index (χ2v) is 5.01. The lowest BCUT2D eigenvalue weighted by Gasteiger charge is -2.13. The third-order valence-electron chi connectivity index (χ3n) is 3.31.